The third kappa shape index (κ3) is 6.81. The SMILES string of the molecule is CCOCCN(CC)c1cc(Br)ccc1CNC(C)(C)C. The maximum atomic E-state index is 5.50. The van der Waals surface area contributed by atoms with Crippen molar-refractivity contribution in [2.45, 2.75) is 46.7 Å². The molecule has 120 valence electrons. The molecular weight excluding hydrogens is 328 g/mol. The molecule has 21 heavy (non-hydrogen) atoms. The summed E-state index contributed by atoms with van der Waals surface area (Å²) in [6.07, 6.45) is 0. The van der Waals surface area contributed by atoms with Crippen LogP contribution < -0.4 is 10.2 Å². The van der Waals surface area contributed by atoms with Gasteiger partial charge in [-0.05, 0) is 52.3 Å². The highest BCUT2D eigenvalue weighted by atomic mass is 79.9. The standard InChI is InChI=1S/C17H29BrN2O/c1-6-20(10-11-21-7-2)16-12-15(18)9-8-14(16)13-19-17(3,4)5/h8-9,12,19H,6-7,10-11,13H2,1-5H3. The van der Waals surface area contributed by atoms with Crippen molar-refractivity contribution in [3.8, 4) is 0 Å². The van der Waals surface area contributed by atoms with Gasteiger partial charge in [0.15, 0.2) is 0 Å². The van der Waals surface area contributed by atoms with Gasteiger partial charge >= 0.3 is 0 Å². The fraction of sp³-hybridized carbons (Fsp3) is 0.647. The number of likely N-dealkylation sites (N-methyl/N-ethyl adjacent to an activating group) is 1. The second kappa shape index (κ2) is 8.76. The fourth-order valence-electron chi connectivity index (χ4n) is 2.11. The smallest absolute Gasteiger partial charge is 0.0641 e. The molecule has 0 aliphatic carbocycles. The van der Waals surface area contributed by atoms with Crippen LogP contribution in [0.4, 0.5) is 5.69 Å². The van der Waals surface area contributed by atoms with E-state index in [0.717, 1.165) is 37.3 Å². The first kappa shape index (κ1) is 18.5. The first-order valence-corrected chi connectivity index (χ1v) is 8.52. The molecule has 0 saturated carbocycles. The molecule has 0 atom stereocenters. The second-order valence-corrected chi connectivity index (χ2v) is 7.07. The Morgan fingerprint density at radius 3 is 2.52 bits per heavy atom. The van der Waals surface area contributed by atoms with Gasteiger partial charge in [0.05, 0.1) is 6.61 Å². The molecule has 0 spiro atoms. The van der Waals surface area contributed by atoms with Crippen molar-refractivity contribution in [3.05, 3.63) is 28.2 Å². The second-order valence-electron chi connectivity index (χ2n) is 6.15. The van der Waals surface area contributed by atoms with Gasteiger partial charge in [-0.1, -0.05) is 22.0 Å². The minimum absolute atomic E-state index is 0.118. The van der Waals surface area contributed by atoms with Crippen LogP contribution in [-0.4, -0.2) is 31.8 Å². The highest BCUT2D eigenvalue weighted by Gasteiger charge is 2.14. The molecule has 1 rings (SSSR count). The minimum Gasteiger partial charge on any atom is -0.380 e. The van der Waals surface area contributed by atoms with Crippen LogP contribution in [0.25, 0.3) is 0 Å². The highest BCUT2D eigenvalue weighted by molar-refractivity contribution is 9.10. The Hall–Kier alpha value is -0.580. The Balaban J connectivity index is 2.88. The zero-order valence-electron chi connectivity index (χ0n) is 14.0. The summed E-state index contributed by atoms with van der Waals surface area (Å²) in [7, 11) is 0. The summed E-state index contributed by atoms with van der Waals surface area (Å²) < 4.78 is 6.62. The van der Waals surface area contributed by atoms with E-state index >= 15 is 0 Å². The number of halogens is 1. The normalized spacial score (nSPS) is 11.7. The van der Waals surface area contributed by atoms with Gasteiger partial charge in [-0.15, -0.1) is 0 Å². The molecule has 0 aromatic heterocycles. The van der Waals surface area contributed by atoms with Gasteiger partial charge in [0.1, 0.15) is 0 Å². The molecule has 4 heteroatoms. The van der Waals surface area contributed by atoms with Gasteiger partial charge in [-0.25, -0.2) is 0 Å². The number of nitrogens with zero attached hydrogens (tertiary/aromatic N) is 1. The van der Waals surface area contributed by atoms with Crippen molar-refractivity contribution in [1.29, 1.82) is 0 Å². The van der Waals surface area contributed by atoms with Crippen LogP contribution in [0.15, 0.2) is 22.7 Å². The molecule has 0 bridgehead atoms. The molecule has 0 fully saturated rings. The van der Waals surface area contributed by atoms with E-state index in [9.17, 15) is 0 Å². The predicted octanol–water partition coefficient (Wildman–Crippen LogP) is 4.20. The Kier molecular flexibility index (Phi) is 7.71. The number of anilines is 1. The summed E-state index contributed by atoms with van der Waals surface area (Å²) in [6, 6.07) is 6.51. The Morgan fingerprint density at radius 2 is 1.95 bits per heavy atom. The van der Waals surface area contributed by atoms with Crippen LogP contribution >= 0.6 is 15.9 Å². The molecule has 3 nitrogen and oxygen atoms in total. The van der Waals surface area contributed by atoms with E-state index in [1.165, 1.54) is 11.3 Å². The lowest BCUT2D eigenvalue weighted by atomic mass is 10.1. The number of hydrogen-bond donors (Lipinski definition) is 1. The lowest BCUT2D eigenvalue weighted by molar-refractivity contribution is 0.154. The molecule has 1 aromatic rings. The van der Waals surface area contributed by atoms with Crippen molar-refractivity contribution in [2.24, 2.45) is 0 Å². The maximum Gasteiger partial charge on any atom is 0.0641 e. The van der Waals surface area contributed by atoms with Crippen molar-refractivity contribution < 1.29 is 4.74 Å². The van der Waals surface area contributed by atoms with Crippen LogP contribution in [0.1, 0.15) is 40.2 Å². The topological polar surface area (TPSA) is 24.5 Å². The number of rotatable bonds is 8. The molecule has 1 N–H and O–H groups in total. The quantitative estimate of drug-likeness (QED) is 0.706. The van der Waals surface area contributed by atoms with Crippen molar-refractivity contribution in [1.82, 2.24) is 5.32 Å². The predicted molar refractivity (Wildman–Crippen MR) is 95.1 cm³/mol. The first-order chi connectivity index (χ1) is 9.87. The number of nitrogens with one attached hydrogen (secondary N) is 1. The fourth-order valence-corrected chi connectivity index (χ4v) is 2.46. The average molecular weight is 357 g/mol. The summed E-state index contributed by atoms with van der Waals surface area (Å²) in [5.41, 5.74) is 2.72. The van der Waals surface area contributed by atoms with Crippen LogP contribution in [-0.2, 0) is 11.3 Å². The van der Waals surface area contributed by atoms with Crippen molar-refractivity contribution >= 4 is 21.6 Å². The van der Waals surface area contributed by atoms with E-state index < -0.39 is 0 Å². The summed E-state index contributed by atoms with van der Waals surface area (Å²) >= 11 is 3.59. The molecule has 0 unspecified atom stereocenters. The van der Waals surface area contributed by atoms with Crippen LogP contribution in [0, 0.1) is 0 Å². The van der Waals surface area contributed by atoms with Crippen LogP contribution in [0.2, 0.25) is 0 Å². The summed E-state index contributed by atoms with van der Waals surface area (Å²) in [6.45, 7) is 15.1. The Labute approximate surface area is 138 Å². The summed E-state index contributed by atoms with van der Waals surface area (Å²) in [5, 5.41) is 3.57. The third-order valence-electron chi connectivity index (χ3n) is 3.29. The van der Waals surface area contributed by atoms with Crippen LogP contribution in [0.5, 0.6) is 0 Å². The molecular formula is C17H29BrN2O. The lowest BCUT2D eigenvalue weighted by Gasteiger charge is -2.28. The van der Waals surface area contributed by atoms with Gasteiger partial charge in [-0.3, -0.25) is 0 Å². The zero-order valence-corrected chi connectivity index (χ0v) is 15.6. The van der Waals surface area contributed by atoms with Crippen LogP contribution in [0.3, 0.4) is 0 Å². The lowest BCUT2D eigenvalue weighted by Crippen LogP contribution is -2.36. The summed E-state index contributed by atoms with van der Waals surface area (Å²) in [5.74, 6) is 0. The van der Waals surface area contributed by atoms with Gasteiger partial charge in [0.2, 0.25) is 0 Å². The Morgan fingerprint density at radius 1 is 1.24 bits per heavy atom. The molecule has 0 aliphatic rings. The van der Waals surface area contributed by atoms with Gasteiger partial charge in [0.25, 0.3) is 0 Å². The molecule has 0 amide bonds. The average Bonchev–Trinajstić information content (AvgIpc) is 2.41. The van der Waals surface area contributed by atoms with E-state index in [1.807, 2.05) is 6.92 Å². The highest BCUT2D eigenvalue weighted by Crippen LogP contribution is 2.25. The van der Waals surface area contributed by atoms with E-state index in [2.05, 4.69) is 72.0 Å². The molecule has 0 radical (unpaired) electrons. The van der Waals surface area contributed by atoms with E-state index in [1.54, 1.807) is 0 Å². The van der Waals surface area contributed by atoms with Crippen molar-refractivity contribution in [2.75, 3.05) is 31.2 Å². The summed E-state index contributed by atoms with van der Waals surface area (Å²) in [4.78, 5) is 2.38. The number of ether oxygens (including phenoxy) is 1. The Bertz CT molecular complexity index is 429. The minimum atomic E-state index is 0.118. The van der Waals surface area contributed by atoms with Gasteiger partial charge < -0.3 is 15.0 Å². The molecule has 0 aliphatic heterocycles. The number of benzene rings is 1. The molecule has 0 heterocycles. The first-order valence-electron chi connectivity index (χ1n) is 7.73. The largest absolute Gasteiger partial charge is 0.380 e. The van der Waals surface area contributed by atoms with E-state index in [-0.39, 0.29) is 5.54 Å². The van der Waals surface area contributed by atoms with E-state index in [4.69, 9.17) is 4.74 Å². The number of hydrogen-bond acceptors (Lipinski definition) is 3. The van der Waals surface area contributed by atoms with Gasteiger partial charge in [0, 0.05) is 41.9 Å². The monoisotopic (exact) mass is 356 g/mol. The third-order valence-corrected chi connectivity index (χ3v) is 3.78. The van der Waals surface area contributed by atoms with Gasteiger partial charge in [-0.2, -0.15) is 0 Å². The van der Waals surface area contributed by atoms with Crippen molar-refractivity contribution in [3.63, 3.8) is 0 Å². The van der Waals surface area contributed by atoms with E-state index in [0.29, 0.717) is 0 Å². The zero-order chi connectivity index (χ0) is 15.9. The molecule has 1 aromatic carbocycles. The maximum absolute atomic E-state index is 5.50. The molecule has 0 saturated heterocycles.